The van der Waals surface area contributed by atoms with E-state index in [-0.39, 0.29) is 17.7 Å². The first-order chi connectivity index (χ1) is 17.2. The molecule has 2 fully saturated rings. The van der Waals surface area contributed by atoms with Crippen molar-refractivity contribution in [1.29, 1.82) is 0 Å². The molecule has 7 atom stereocenters. The first-order valence-corrected chi connectivity index (χ1v) is 11.7. The van der Waals surface area contributed by atoms with E-state index in [2.05, 4.69) is 0 Å². The van der Waals surface area contributed by atoms with Crippen LogP contribution in [-0.4, -0.2) is 85.8 Å². The van der Waals surface area contributed by atoms with Crippen molar-refractivity contribution in [3.63, 3.8) is 0 Å². The smallest absolute Gasteiger partial charge is 0.200 e. The quantitative estimate of drug-likeness (QED) is 0.291. The molecule has 2 aliphatic carbocycles. The van der Waals surface area contributed by atoms with Gasteiger partial charge in [0.15, 0.2) is 17.8 Å². The molecule has 0 saturated carbocycles. The summed E-state index contributed by atoms with van der Waals surface area (Å²) < 4.78 is 24.1. The fourth-order valence-electron chi connectivity index (χ4n) is 5.74. The summed E-state index contributed by atoms with van der Waals surface area (Å²) in [5, 5.41) is 72.9. The van der Waals surface area contributed by atoms with E-state index < -0.39 is 66.8 Å². The molecule has 2 heterocycles. The van der Waals surface area contributed by atoms with E-state index in [0.29, 0.717) is 40.2 Å². The van der Waals surface area contributed by atoms with Gasteiger partial charge in [0.25, 0.3) is 0 Å². The summed E-state index contributed by atoms with van der Waals surface area (Å²) in [6.07, 6.45) is -7.96. The summed E-state index contributed by atoms with van der Waals surface area (Å²) in [5.74, 6) is -1.52. The predicted molar refractivity (Wildman–Crippen MR) is 121 cm³/mol. The van der Waals surface area contributed by atoms with Crippen LogP contribution in [0.2, 0.25) is 0 Å². The van der Waals surface area contributed by atoms with Crippen molar-refractivity contribution >= 4 is 5.57 Å². The molecule has 2 aromatic rings. The maximum absolute atomic E-state index is 10.9. The second-order valence-corrected chi connectivity index (χ2v) is 9.30. The van der Waals surface area contributed by atoms with Gasteiger partial charge in [-0.2, -0.15) is 0 Å². The van der Waals surface area contributed by atoms with Crippen LogP contribution in [0.4, 0.5) is 0 Å². The number of aliphatic hydroxyl groups is 3. The number of fused-ring (bicyclic) bond motifs is 6. The van der Waals surface area contributed by atoms with Gasteiger partial charge >= 0.3 is 0 Å². The van der Waals surface area contributed by atoms with E-state index in [9.17, 15) is 35.7 Å². The lowest BCUT2D eigenvalue weighted by molar-refractivity contribution is -0.311. The van der Waals surface area contributed by atoms with Crippen molar-refractivity contribution in [2.75, 3.05) is 13.2 Å². The zero-order valence-corrected chi connectivity index (χ0v) is 19.2. The summed E-state index contributed by atoms with van der Waals surface area (Å²) in [6, 6.07) is 4.32. The minimum Gasteiger partial charge on any atom is -0.508 e. The highest BCUT2D eigenvalue weighted by atomic mass is 16.7. The number of phenolic OH excluding ortho intramolecular Hbond substituents is 4. The number of hydrogen-bond acceptors (Lipinski definition) is 11. The molecule has 36 heavy (non-hydrogen) atoms. The number of phenols is 4. The van der Waals surface area contributed by atoms with Gasteiger partial charge in [-0.3, -0.25) is 0 Å². The fourth-order valence-corrected chi connectivity index (χ4v) is 5.74. The van der Waals surface area contributed by atoms with Crippen LogP contribution in [-0.2, 0) is 20.6 Å². The molecule has 4 aliphatic rings. The van der Waals surface area contributed by atoms with E-state index >= 15 is 0 Å². The van der Waals surface area contributed by atoms with Crippen molar-refractivity contribution in [2.24, 2.45) is 0 Å². The van der Waals surface area contributed by atoms with Gasteiger partial charge in [0, 0.05) is 29.2 Å². The van der Waals surface area contributed by atoms with E-state index in [4.69, 9.17) is 18.9 Å². The molecule has 7 N–H and O–H groups in total. The Labute approximate surface area is 205 Å². The SMILES string of the molecule is CCOc1cc(O)cc2c1CC1OC3OC(CO)C(O)C(O)C3OC3C1=C2c1cc(O)c(O)c(O)c13. The van der Waals surface area contributed by atoms with Gasteiger partial charge in [-0.05, 0) is 35.8 Å². The lowest BCUT2D eigenvalue weighted by atomic mass is 9.82. The molecule has 2 aliphatic heterocycles. The van der Waals surface area contributed by atoms with Gasteiger partial charge in [-0.15, -0.1) is 0 Å². The summed E-state index contributed by atoms with van der Waals surface area (Å²) in [4.78, 5) is 0. The Kier molecular flexibility index (Phi) is 5.34. The third-order valence-electron chi connectivity index (χ3n) is 7.31. The highest BCUT2D eigenvalue weighted by Crippen LogP contribution is 2.60. The molecular weight excluding hydrogens is 476 g/mol. The van der Waals surface area contributed by atoms with Crippen LogP contribution in [0.15, 0.2) is 23.8 Å². The van der Waals surface area contributed by atoms with Gasteiger partial charge in [0.2, 0.25) is 5.75 Å². The highest BCUT2D eigenvalue weighted by molar-refractivity contribution is 5.94. The molecule has 11 nitrogen and oxygen atoms in total. The van der Waals surface area contributed by atoms with Crippen LogP contribution in [0, 0.1) is 0 Å². The van der Waals surface area contributed by atoms with Crippen molar-refractivity contribution in [2.45, 2.75) is 56.3 Å². The lowest BCUT2D eigenvalue weighted by Crippen LogP contribution is -2.60. The highest BCUT2D eigenvalue weighted by Gasteiger charge is 2.54. The minimum absolute atomic E-state index is 0.0576. The summed E-state index contributed by atoms with van der Waals surface area (Å²) >= 11 is 0. The number of rotatable bonds is 3. The Morgan fingerprint density at radius 2 is 1.72 bits per heavy atom. The van der Waals surface area contributed by atoms with Gasteiger partial charge in [0.1, 0.15) is 42.0 Å². The predicted octanol–water partition coefficient (Wildman–Crippen LogP) is 0.543. The number of aliphatic hydroxyl groups excluding tert-OH is 3. The third kappa shape index (κ3) is 3.14. The van der Waals surface area contributed by atoms with E-state index in [1.54, 1.807) is 6.07 Å². The van der Waals surface area contributed by atoms with Gasteiger partial charge in [0.05, 0.1) is 19.3 Å². The Morgan fingerprint density at radius 1 is 0.944 bits per heavy atom. The maximum Gasteiger partial charge on any atom is 0.200 e. The Balaban J connectivity index is 1.59. The van der Waals surface area contributed by atoms with Crippen LogP contribution in [0.3, 0.4) is 0 Å². The van der Waals surface area contributed by atoms with E-state index in [0.717, 1.165) is 0 Å². The average Bonchev–Trinajstić information content (AvgIpc) is 3.07. The first-order valence-electron chi connectivity index (χ1n) is 11.7. The molecule has 0 bridgehead atoms. The normalized spacial score (nSPS) is 32.3. The maximum atomic E-state index is 10.9. The molecule has 6 rings (SSSR count). The van der Waals surface area contributed by atoms with Crippen molar-refractivity contribution in [1.82, 2.24) is 0 Å². The Hall–Kier alpha value is -3.06. The first kappa shape index (κ1) is 23.3. The number of aromatic hydroxyl groups is 4. The molecule has 2 saturated heterocycles. The summed E-state index contributed by atoms with van der Waals surface area (Å²) in [5.41, 5.74) is 2.81. The van der Waals surface area contributed by atoms with E-state index in [1.165, 1.54) is 12.1 Å². The van der Waals surface area contributed by atoms with Crippen LogP contribution < -0.4 is 4.74 Å². The topological polar surface area (TPSA) is 179 Å². The minimum atomic E-state index is -1.49. The zero-order valence-electron chi connectivity index (χ0n) is 19.2. The summed E-state index contributed by atoms with van der Waals surface area (Å²) in [7, 11) is 0. The molecule has 2 aromatic carbocycles. The van der Waals surface area contributed by atoms with E-state index in [1.807, 2.05) is 6.92 Å². The second-order valence-electron chi connectivity index (χ2n) is 9.30. The molecular formula is C25H26O11. The Morgan fingerprint density at radius 3 is 2.44 bits per heavy atom. The van der Waals surface area contributed by atoms with Crippen molar-refractivity contribution in [3.05, 3.63) is 46.0 Å². The van der Waals surface area contributed by atoms with Crippen LogP contribution >= 0.6 is 0 Å². The number of hydrogen-bond donors (Lipinski definition) is 7. The monoisotopic (exact) mass is 502 g/mol. The van der Waals surface area contributed by atoms with Crippen molar-refractivity contribution in [3.8, 4) is 28.7 Å². The molecule has 192 valence electrons. The van der Waals surface area contributed by atoms with Gasteiger partial charge in [-0.1, -0.05) is 0 Å². The standard InChI is InChI=1S/C25H26O11/c1-2-33-13-4-8(27)3-10-9(13)6-14-18-16(10)11-5-12(28)19(29)21(31)17(11)23(18)36-24-22(32)20(30)15(7-26)35-25(24)34-14/h3-5,14-15,20,22-32H,2,6-7H2,1H3. The van der Waals surface area contributed by atoms with Crippen LogP contribution in [0.1, 0.15) is 35.3 Å². The average molecular weight is 502 g/mol. The molecule has 11 heteroatoms. The van der Waals surface area contributed by atoms with Gasteiger partial charge < -0.3 is 54.7 Å². The molecule has 0 amide bonds. The summed E-state index contributed by atoms with van der Waals surface area (Å²) in [6.45, 7) is 1.59. The molecule has 0 radical (unpaired) electrons. The molecule has 0 spiro atoms. The van der Waals surface area contributed by atoms with Crippen LogP contribution in [0.25, 0.3) is 5.57 Å². The lowest BCUT2D eigenvalue weighted by Gasteiger charge is -2.41. The van der Waals surface area contributed by atoms with Crippen molar-refractivity contribution < 1.29 is 54.7 Å². The largest absolute Gasteiger partial charge is 0.508 e. The second kappa shape index (κ2) is 8.23. The van der Waals surface area contributed by atoms with Crippen LogP contribution in [0.5, 0.6) is 28.7 Å². The zero-order chi connectivity index (χ0) is 25.5. The Bertz CT molecular complexity index is 1270. The third-order valence-corrected chi connectivity index (χ3v) is 7.31. The molecule has 0 aromatic heterocycles. The number of benzene rings is 2. The number of ether oxygens (including phenoxy) is 4. The molecule has 7 unspecified atom stereocenters. The van der Waals surface area contributed by atoms with Gasteiger partial charge in [-0.25, -0.2) is 0 Å². The fraction of sp³-hybridized carbons (Fsp3) is 0.440.